The lowest BCUT2D eigenvalue weighted by atomic mass is 10.1. The number of hydrogen-bond donors (Lipinski definition) is 1. The molecule has 1 N–H and O–H groups in total. The summed E-state index contributed by atoms with van der Waals surface area (Å²) in [6.45, 7) is 2.22. The summed E-state index contributed by atoms with van der Waals surface area (Å²) in [5, 5.41) is 10.1. The minimum atomic E-state index is 0.210. The molecule has 0 spiro atoms. The molecule has 0 bridgehead atoms. The molecule has 0 unspecified atom stereocenters. The van der Waals surface area contributed by atoms with Crippen molar-refractivity contribution in [2.75, 3.05) is 5.75 Å². The van der Waals surface area contributed by atoms with Gasteiger partial charge in [-0.15, -0.1) is 0 Å². The van der Waals surface area contributed by atoms with E-state index in [1.165, 1.54) is 37.0 Å². The summed E-state index contributed by atoms with van der Waals surface area (Å²) in [4.78, 5) is 0. The Morgan fingerprint density at radius 3 is 2.75 bits per heavy atom. The zero-order valence-corrected chi connectivity index (χ0v) is 11.1. The number of benzene rings is 1. The predicted molar refractivity (Wildman–Crippen MR) is 71.4 cm³/mol. The van der Waals surface area contributed by atoms with Gasteiger partial charge in [0, 0.05) is 4.75 Å². The Morgan fingerprint density at radius 1 is 1.44 bits per heavy atom. The Balaban J connectivity index is 2.08. The van der Waals surface area contributed by atoms with Gasteiger partial charge in [0.05, 0.1) is 5.02 Å². The Bertz CT molecular complexity index is 374. The van der Waals surface area contributed by atoms with Crippen LogP contribution in [-0.2, 0) is 4.75 Å². The van der Waals surface area contributed by atoms with E-state index in [9.17, 15) is 5.11 Å². The molecule has 1 fully saturated rings. The average molecular weight is 257 g/mol. The van der Waals surface area contributed by atoms with Crippen molar-refractivity contribution < 1.29 is 5.11 Å². The van der Waals surface area contributed by atoms with Gasteiger partial charge in [0.15, 0.2) is 0 Å². The number of phenolic OH excluding ortho intramolecular Hbond substituents is 1. The van der Waals surface area contributed by atoms with E-state index in [2.05, 4.69) is 6.92 Å². The third-order valence-electron chi connectivity index (χ3n) is 3.05. The summed E-state index contributed by atoms with van der Waals surface area (Å²) in [5.41, 5.74) is 1.23. The molecule has 0 aromatic heterocycles. The van der Waals surface area contributed by atoms with Crippen molar-refractivity contribution in [2.24, 2.45) is 0 Å². The van der Waals surface area contributed by atoms with Crippen molar-refractivity contribution >= 4 is 23.4 Å². The monoisotopic (exact) mass is 256 g/mol. The van der Waals surface area contributed by atoms with Gasteiger partial charge in [0.2, 0.25) is 0 Å². The second-order valence-corrected chi connectivity index (χ2v) is 6.25. The summed E-state index contributed by atoms with van der Waals surface area (Å²) in [5.74, 6) is 1.42. The van der Waals surface area contributed by atoms with Crippen LogP contribution in [0.2, 0.25) is 5.02 Å². The molecule has 2 rings (SSSR count). The number of phenols is 1. The molecule has 1 aliphatic rings. The highest BCUT2D eigenvalue weighted by Crippen LogP contribution is 2.57. The van der Waals surface area contributed by atoms with E-state index in [0.717, 1.165) is 0 Å². The highest BCUT2D eigenvalue weighted by molar-refractivity contribution is 8.00. The van der Waals surface area contributed by atoms with Crippen molar-refractivity contribution in [2.45, 2.75) is 37.4 Å². The smallest absolute Gasteiger partial charge is 0.134 e. The normalized spacial score (nSPS) is 17.4. The third kappa shape index (κ3) is 2.49. The first kappa shape index (κ1) is 12.1. The molecule has 3 heteroatoms. The maximum absolute atomic E-state index is 9.62. The minimum Gasteiger partial charge on any atom is -0.506 e. The number of halogens is 1. The van der Waals surface area contributed by atoms with Crippen LogP contribution in [-0.4, -0.2) is 10.9 Å². The summed E-state index contributed by atoms with van der Waals surface area (Å²) in [7, 11) is 0. The predicted octanol–water partition coefficient (Wildman–Crippen LogP) is 4.57. The largest absolute Gasteiger partial charge is 0.506 e. The number of thioether (sulfide) groups is 1. The fourth-order valence-corrected chi connectivity index (χ4v) is 3.46. The fourth-order valence-electron chi connectivity index (χ4n) is 1.84. The zero-order valence-electron chi connectivity index (χ0n) is 9.50. The summed E-state index contributed by atoms with van der Waals surface area (Å²) < 4.78 is 0.275. The van der Waals surface area contributed by atoms with Gasteiger partial charge < -0.3 is 5.11 Å². The van der Waals surface area contributed by atoms with Gasteiger partial charge in [-0.3, -0.25) is 0 Å². The van der Waals surface area contributed by atoms with Crippen molar-refractivity contribution in [1.82, 2.24) is 0 Å². The third-order valence-corrected chi connectivity index (χ3v) is 5.06. The summed E-state index contributed by atoms with van der Waals surface area (Å²) in [6, 6.07) is 5.68. The topological polar surface area (TPSA) is 20.2 Å². The molecule has 1 aromatic carbocycles. The molecule has 1 saturated carbocycles. The second kappa shape index (κ2) is 4.89. The van der Waals surface area contributed by atoms with E-state index in [0.29, 0.717) is 5.02 Å². The zero-order chi connectivity index (χ0) is 11.6. The van der Waals surface area contributed by atoms with Gasteiger partial charge in [-0.25, -0.2) is 0 Å². The van der Waals surface area contributed by atoms with Crippen LogP contribution in [0.4, 0.5) is 0 Å². The van der Waals surface area contributed by atoms with Crippen molar-refractivity contribution in [3.8, 4) is 5.75 Å². The van der Waals surface area contributed by atoms with Crippen LogP contribution in [0, 0.1) is 0 Å². The van der Waals surface area contributed by atoms with Crippen LogP contribution in [0.5, 0.6) is 5.75 Å². The molecular formula is C13H17ClOS. The first-order valence-electron chi connectivity index (χ1n) is 5.81. The van der Waals surface area contributed by atoms with E-state index < -0.39 is 0 Å². The van der Waals surface area contributed by atoms with E-state index in [1.54, 1.807) is 6.07 Å². The average Bonchev–Trinajstić information content (AvgIpc) is 3.04. The highest BCUT2D eigenvalue weighted by atomic mass is 35.5. The first-order chi connectivity index (χ1) is 7.68. The molecule has 0 atom stereocenters. The van der Waals surface area contributed by atoms with Crippen LogP contribution in [0.1, 0.15) is 38.2 Å². The fraction of sp³-hybridized carbons (Fsp3) is 0.538. The molecule has 1 aliphatic carbocycles. The number of aromatic hydroxyl groups is 1. The standard InChI is InChI=1S/C13H17ClOS/c1-2-3-8-16-13(6-7-13)10-4-5-11(14)12(15)9-10/h4-5,9,15H,2-3,6-8H2,1H3. The first-order valence-corrected chi connectivity index (χ1v) is 7.17. The molecule has 0 radical (unpaired) electrons. The van der Waals surface area contributed by atoms with Crippen molar-refractivity contribution in [1.29, 1.82) is 0 Å². The van der Waals surface area contributed by atoms with Gasteiger partial charge >= 0.3 is 0 Å². The Morgan fingerprint density at radius 2 is 2.19 bits per heavy atom. The SMILES string of the molecule is CCCCSC1(c2ccc(Cl)c(O)c2)CC1. The van der Waals surface area contributed by atoms with E-state index in [-0.39, 0.29) is 10.5 Å². The van der Waals surface area contributed by atoms with Gasteiger partial charge in [-0.2, -0.15) is 11.8 Å². The van der Waals surface area contributed by atoms with Crippen molar-refractivity contribution in [3.05, 3.63) is 28.8 Å². The second-order valence-electron chi connectivity index (χ2n) is 4.36. The lowest BCUT2D eigenvalue weighted by molar-refractivity contribution is 0.474. The molecule has 1 aromatic rings. The maximum Gasteiger partial charge on any atom is 0.134 e. The van der Waals surface area contributed by atoms with Gasteiger partial charge in [-0.1, -0.05) is 31.0 Å². The van der Waals surface area contributed by atoms with Crippen LogP contribution < -0.4 is 0 Å². The maximum atomic E-state index is 9.62. The summed E-state index contributed by atoms with van der Waals surface area (Å²) in [6.07, 6.45) is 4.96. The quantitative estimate of drug-likeness (QED) is 0.779. The molecule has 1 nitrogen and oxygen atoms in total. The van der Waals surface area contributed by atoms with Crippen LogP contribution in [0.25, 0.3) is 0 Å². The lowest BCUT2D eigenvalue weighted by Crippen LogP contribution is -2.01. The van der Waals surface area contributed by atoms with E-state index >= 15 is 0 Å². The van der Waals surface area contributed by atoms with Crippen molar-refractivity contribution in [3.63, 3.8) is 0 Å². The number of unbranched alkanes of at least 4 members (excludes halogenated alkanes) is 1. The summed E-state index contributed by atoms with van der Waals surface area (Å²) >= 11 is 7.85. The number of rotatable bonds is 5. The minimum absolute atomic E-state index is 0.210. The van der Waals surface area contributed by atoms with Gasteiger partial charge in [0.1, 0.15) is 5.75 Å². The van der Waals surface area contributed by atoms with Crippen LogP contribution in [0.15, 0.2) is 18.2 Å². The lowest BCUT2D eigenvalue weighted by Gasteiger charge is -2.15. The Hall–Kier alpha value is -0.340. The molecule has 0 amide bonds. The van der Waals surface area contributed by atoms with Gasteiger partial charge in [0.25, 0.3) is 0 Å². The molecule has 0 aliphatic heterocycles. The molecule has 0 heterocycles. The molecule has 88 valence electrons. The van der Waals surface area contributed by atoms with Crippen LogP contribution >= 0.6 is 23.4 Å². The Labute approximate surface area is 106 Å². The highest BCUT2D eigenvalue weighted by Gasteiger charge is 2.44. The molecule has 16 heavy (non-hydrogen) atoms. The Kier molecular flexibility index (Phi) is 3.70. The van der Waals surface area contributed by atoms with Crippen LogP contribution in [0.3, 0.4) is 0 Å². The number of hydrogen-bond acceptors (Lipinski definition) is 2. The van der Waals surface area contributed by atoms with E-state index in [1.807, 2.05) is 23.9 Å². The molecule has 0 saturated heterocycles. The molecular weight excluding hydrogens is 240 g/mol. The van der Waals surface area contributed by atoms with E-state index in [4.69, 9.17) is 11.6 Å². The van der Waals surface area contributed by atoms with Gasteiger partial charge in [-0.05, 0) is 42.7 Å².